The van der Waals surface area contributed by atoms with Gasteiger partial charge in [0.25, 0.3) is 0 Å². The second-order valence-electron chi connectivity index (χ2n) is 6.38. The van der Waals surface area contributed by atoms with Crippen molar-refractivity contribution < 1.29 is 14.5 Å². The van der Waals surface area contributed by atoms with Crippen LogP contribution in [0.5, 0.6) is 0 Å². The average molecular weight is 449 g/mol. The zero-order valence-electron chi connectivity index (χ0n) is 15.8. The van der Waals surface area contributed by atoms with Crippen molar-refractivity contribution in [1.82, 2.24) is 4.90 Å². The second kappa shape index (κ2) is 9.02. The molecule has 8 nitrogen and oxygen atoms in total. The number of nitrogens with zero attached hydrogens (tertiary/aromatic N) is 3. The second-order valence-corrected chi connectivity index (χ2v) is 7.49. The predicted octanol–water partition coefficient (Wildman–Crippen LogP) is 1.81. The normalized spacial score (nSPS) is 18.8. The summed E-state index contributed by atoms with van der Waals surface area (Å²) in [5.74, 6) is -1.33. The van der Waals surface area contributed by atoms with E-state index in [1.54, 1.807) is 31.0 Å². The van der Waals surface area contributed by atoms with Crippen LogP contribution < -0.4 is 5.73 Å². The van der Waals surface area contributed by atoms with Crippen LogP contribution in [0.3, 0.4) is 0 Å². The summed E-state index contributed by atoms with van der Waals surface area (Å²) in [6.07, 6.45) is 1.63. The van der Waals surface area contributed by atoms with Crippen molar-refractivity contribution in [2.75, 3.05) is 6.61 Å². The number of ether oxygens (including phenoxy) is 1. The van der Waals surface area contributed by atoms with E-state index >= 15 is 0 Å². The van der Waals surface area contributed by atoms with Crippen molar-refractivity contribution >= 4 is 27.7 Å². The number of allylic oxidation sites excluding steroid dienone is 2. The van der Waals surface area contributed by atoms with E-state index in [0.29, 0.717) is 16.8 Å². The van der Waals surface area contributed by atoms with E-state index in [0.717, 1.165) is 0 Å². The molecule has 1 aromatic rings. The molecule has 0 aromatic heterocycles. The number of hydrogen-bond donors (Lipinski definition) is 1. The summed E-state index contributed by atoms with van der Waals surface area (Å²) in [7, 11) is 0. The van der Waals surface area contributed by atoms with Crippen molar-refractivity contribution in [1.29, 1.82) is 5.26 Å². The van der Waals surface area contributed by atoms with E-state index in [1.165, 1.54) is 18.2 Å². The van der Waals surface area contributed by atoms with Gasteiger partial charge in [-0.05, 0) is 0 Å². The Morgan fingerprint density at radius 2 is 2.21 bits per heavy atom. The first kappa shape index (κ1) is 21.6. The molecule has 3 unspecified atom stereocenters. The summed E-state index contributed by atoms with van der Waals surface area (Å²) in [5.41, 5.74) is 7.57. The molecular formula is C19H22N4O4Se. The molecule has 9 heteroatoms. The van der Waals surface area contributed by atoms with Gasteiger partial charge >= 0.3 is 171 Å². The summed E-state index contributed by atoms with van der Waals surface area (Å²) in [6, 6.07) is 7.87. The molecule has 28 heavy (non-hydrogen) atoms. The predicted molar refractivity (Wildman–Crippen MR) is 105 cm³/mol. The zero-order chi connectivity index (χ0) is 21.0. The van der Waals surface area contributed by atoms with E-state index in [-0.39, 0.29) is 28.8 Å². The van der Waals surface area contributed by atoms with Gasteiger partial charge in [-0.15, -0.1) is 0 Å². The van der Waals surface area contributed by atoms with Crippen LogP contribution in [-0.2, 0) is 9.53 Å². The monoisotopic (exact) mass is 450 g/mol. The number of rotatable bonds is 6. The molecule has 0 saturated carbocycles. The van der Waals surface area contributed by atoms with Gasteiger partial charge < -0.3 is 0 Å². The number of nitrogens with two attached hydrogens (primary N) is 1. The standard InChI is InChI=1S/C19H22N4O4Se/c1-4-27-19(24)16-10-22(18(28)11(2)21)12(3)15(9-20)17(16)13-6-5-7-14(8-13)23(25)26/h5-8,10-11,17-18,28H,4,21H2,1-3H3. The first-order valence-electron chi connectivity index (χ1n) is 8.68. The Kier molecular flexibility index (Phi) is 6.97. The van der Waals surface area contributed by atoms with Crippen LogP contribution in [0.25, 0.3) is 0 Å². The molecule has 1 aliphatic rings. The molecule has 3 atom stereocenters. The van der Waals surface area contributed by atoms with Gasteiger partial charge in [-0.1, -0.05) is 0 Å². The first-order chi connectivity index (χ1) is 13.2. The number of nitro benzene ring substituents is 1. The van der Waals surface area contributed by atoms with Crippen LogP contribution in [0.4, 0.5) is 5.69 Å². The summed E-state index contributed by atoms with van der Waals surface area (Å²) in [4.78, 5) is 24.9. The zero-order valence-corrected chi connectivity index (χ0v) is 17.7. The van der Waals surface area contributed by atoms with E-state index < -0.39 is 16.8 Å². The Bertz CT molecular complexity index is 888. The van der Waals surface area contributed by atoms with Crippen molar-refractivity contribution in [3.63, 3.8) is 0 Å². The molecule has 1 aliphatic heterocycles. The Morgan fingerprint density at radius 3 is 2.75 bits per heavy atom. The average Bonchev–Trinajstić information content (AvgIpc) is 2.67. The minimum atomic E-state index is -0.756. The molecule has 0 aliphatic carbocycles. The van der Waals surface area contributed by atoms with Gasteiger partial charge in [-0.25, -0.2) is 0 Å². The maximum absolute atomic E-state index is 12.7. The van der Waals surface area contributed by atoms with Gasteiger partial charge in [-0.3, -0.25) is 0 Å². The van der Waals surface area contributed by atoms with Crippen LogP contribution in [0.1, 0.15) is 32.3 Å². The molecule has 148 valence electrons. The van der Waals surface area contributed by atoms with Crippen molar-refractivity contribution in [2.45, 2.75) is 37.7 Å². The fraction of sp³-hybridized carbons (Fsp3) is 0.368. The molecule has 0 fully saturated rings. The summed E-state index contributed by atoms with van der Waals surface area (Å²) < 4.78 is 5.19. The van der Waals surface area contributed by atoms with Gasteiger partial charge in [-0.2, -0.15) is 0 Å². The molecule has 0 radical (unpaired) electrons. The van der Waals surface area contributed by atoms with E-state index in [1.807, 2.05) is 6.92 Å². The van der Waals surface area contributed by atoms with Crippen LogP contribution in [0.2, 0.25) is 0 Å². The molecular weight excluding hydrogens is 427 g/mol. The van der Waals surface area contributed by atoms with Crippen molar-refractivity contribution in [3.05, 3.63) is 63.0 Å². The summed E-state index contributed by atoms with van der Waals surface area (Å²) in [5, 5.41) is 21.0. The third kappa shape index (κ3) is 4.25. The molecule has 0 bridgehead atoms. The van der Waals surface area contributed by atoms with Gasteiger partial charge in [0.1, 0.15) is 0 Å². The van der Waals surface area contributed by atoms with Crippen LogP contribution >= 0.6 is 0 Å². The van der Waals surface area contributed by atoms with Gasteiger partial charge in [0, 0.05) is 0 Å². The minimum absolute atomic E-state index is 0.112. The van der Waals surface area contributed by atoms with Crippen LogP contribution in [0, 0.1) is 21.4 Å². The van der Waals surface area contributed by atoms with Crippen molar-refractivity contribution in [3.8, 4) is 6.07 Å². The molecule has 1 heterocycles. The number of nitriles is 1. The number of benzene rings is 1. The van der Waals surface area contributed by atoms with Crippen LogP contribution in [-0.4, -0.2) is 49.4 Å². The summed E-state index contributed by atoms with van der Waals surface area (Å²) in [6.45, 7) is 5.45. The first-order valence-corrected chi connectivity index (χ1v) is 9.77. The Balaban J connectivity index is 2.68. The number of carbonyl (C=O) groups is 1. The molecule has 0 amide bonds. The number of hydrogen-bond acceptors (Lipinski definition) is 7. The molecule has 1 aromatic carbocycles. The fourth-order valence-corrected chi connectivity index (χ4v) is 3.55. The van der Waals surface area contributed by atoms with E-state index in [4.69, 9.17) is 10.5 Å². The Morgan fingerprint density at radius 1 is 1.54 bits per heavy atom. The molecule has 2 rings (SSSR count). The topological polar surface area (TPSA) is 122 Å². The third-order valence-corrected chi connectivity index (χ3v) is 5.96. The number of nitro groups is 1. The Hall–Kier alpha value is -2.66. The van der Waals surface area contributed by atoms with Gasteiger partial charge in [0.15, 0.2) is 0 Å². The van der Waals surface area contributed by atoms with Gasteiger partial charge in [0.05, 0.1) is 0 Å². The quantitative estimate of drug-likeness (QED) is 0.304. The van der Waals surface area contributed by atoms with Crippen molar-refractivity contribution in [2.24, 2.45) is 5.73 Å². The number of carbonyl (C=O) groups excluding carboxylic acids is 1. The Labute approximate surface area is 171 Å². The molecule has 0 saturated heterocycles. The number of esters is 1. The summed E-state index contributed by atoms with van der Waals surface area (Å²) >= 11 is 2.43. The van der Waals surface area contributed by atoms with E-state index in [9.17, 15) is 20.2 Å². The fourth-order valence-electron chi connectivity index (χ4n) is 3.05. The number of non-ortho nitro benzene ring substituents is 1. The van der Waals surface area contributed by atoms with E-state index in [2.05, 4.69) is 22.1 Å². The van der Waals surface area contributed by atoms with Crippen LogP contribution in [0.15, 0.2) is 47.3 Å². The third-order valence-electron chi connectivity index (χ3n) is 4.46. The molecule has 0 spiro atoms. The maximum atomic E-state index is 12.7. The molecule has 2 N–H and O–H groups in total. The SMILES string of the molecule is CCOC(=O)C1=CN(C([SeH])C(C)N)C(C)=C(C#N)C1c1cccc([N+](=O)[O-])c1. The van der Waals surface area contributed by atoms with Gasteiger partial charge in [0.2, 0.25) is 0 Å².